The molecule has 1 aromatic heterocycles. The minimum atomic E-state index is -2.45. The first-order chi connectivity index (χ1) is 9.71. The molecule has 0 saturated heterocycles. The molecule has 0 bridgehead atoms. The Morgan fingerprint density at radius 1 is 1.38 bits per heavy atom. The van der Waals surface area contributed by atoms with Crippen molar-refractivity contribution in [1.29, 1.82) is 0 Å². The number of nitrogens with one attached hydrogen (secondary N) is 1. The summed E-state index contributed by atoms with van der Waals surface area (Å²) in [6, 6.07) is 0.250. The summed E-state index contributed by atoms with van der Waals surface area (Å²) in [6.45, 7) is 6.47. The van der Waals surface area contributed by atoms with Crippen molar-refractivity contribution in [2.75, 3.05) is 7.05 Å². The maximum atomic E-state index is 13.3. The smallest absolute Gasteiger partial charge is 0.248 e. The van der Waals surface area contributed by atoms with Crippen LogP contribution in [0, 0.1) is 5.92 Å². The van der Waals surface area contributed by atoms with E-state index in [1.165, 1.54) is 0 Å². The van der Waals surface area contributed by atoms with E-state index in [9.17, 15) is 8.78 Å². The van der Waals surface area contributed by atoms with Crippen LogP contribution < -0.4 is 5.32 Å². The normalized spacial score (nSPS) is 21.4. The fraction of sp³-hybridized carbons (Fsp3) is 0.812. The molecule has 1 unspecified atom stereocenters. The van der Waals surface area contributed by atoms with Gasteiger partial charge in [0.15, 0.2) is 0 Å². The van der Waals surface area contributed by atoms with Gasteiger partial charge in [0, 0.05) is 36.1 Å². The van der Waals surface area contributed by atoms with Crippen LogP contribution in [-0.2, 0) is 11.8 Å². The van der Waals surface area contributed by atoms with E-state index >= 15 is 0 Å². The number of halogens is 2. The zero-order chi connectivity index (χ0) is 15.7. The molecule has 2 rings (SSSR count). The van der Waals surface area contributed by atoms with Gasteiger partial charge in [-0.05, 0) is 25.8 Å². The number of hydrogen-bond acceptors (Lipinski definition) is 3. The summed E-state index contributed by atoms with van der Waals surface area (Å²) in [5, 5.41) is 6.55. The Balaban J connectivity index is 1.98. The standard InChI is InChI=1S/C16H26F2N2S/c1-15(2,3)13-10-21-14(20-13)9-12(19-4)11-5-7-16(17,18)8-6-11/h10-12,19H,5-9H2,1-4H3. The fourth-order valence-corrected chi connectivity index (χ4v) is 3.99. The summed E-state index contributed by atoms with van der Waals surface area (Å²) >= 11 is 1.68. The van der Waals surface area contributed by atoms with E-state index in [1.54, 1.807) is 11.3 Å². The van der Waals surface area contributed by atoms with Crippen molar-refractivity contribution < 1.29 is 8.78 Å². The van der Waals surface area contributed by atoms with Gasteiger partial charge >= 0.3 is 0 Å². The fourth-order valence-electron chi connectivity index (χ4n) is 2.91. The molecule has 0 aliphatic heterocycles. The molecule has 0 radical (unpaired) electrons. The molecule has 5 heteroatoms. The Kier molecular flexibility index (Phi) is 5.03. The quantitative estimate of drug-likeness (QED) is 0.891. The van der Waals surface area contributed by atoms with Gasteiger partial charge < -0.3 is 5.32 Å². The number of thiazole rings is 1. The lowest BCUT2D eigenvalue weighted by molar-refractivity contribution is -0.0492. The van der Waals surface area contributed by atoms with E-state index < -0.39 is 5.92 Å². The Labute approximate surface area is 130 Å². The van der Waals surface area contributed by atoms with Gasteiger partial charge in [-0.1, -0.05) is 20.8 Å². The van der Waals surface area contributed by atoms with Crippen molar-refractivity contribution in [3.05, 3.63) is 16.1 Å². The van der Waals surface area contributed by atoms with E-state index in [-0.39, 0.29) is 24.3 Å². The van der Waals surface area contributed by atoms with Crippen molar-refractivity contribution in [3.63, 3.8) is 0 Å². The van der Waals surface area contributed by atoms with Crippen LogP contribution in [0.25, 0.3) is 0 Å². The largest absolute Gasteiger partial charge is 0.316 e. The van der Waals surface area contributed by atoms with Crippen molar-refractivity contribution in [1.82, 2.24) is 10.3 Å². The molecule has 1 saturated carbocycles. The highest BCUT2D eigenvalue weighted by Crippen LogP contribution is 2.38. The van der Waals surface area contributed by atoms with Gasteiger partial charge in [-0.3, -0.25) is 0 Å². The molecule has 2 nitrogen and oxygen atoms in total. The molecule has 1 atom stereocenters. The summed E-state index contributed by atoms with van der Waals surface area (Å²) in [4.78, 5) is 4.72. The number of aromatic nitrogens is 1. The second-order valence-corrected chi connectivity index (χ2v) is 8.11. The third kappa shape index (κ3) is 4.46. The molecule has 1 heterocycles. The Morgan fingerprint density at radius 2 is 2.00 bits per heavy atom. The van der Waals surface area contributed by atoms with Gasteiger partial charge in [-0.2, -0.15) is 0 Å². The molecule has 0 spiro atoms. The summed E-state index contributed by atoms with van der Waals surface area (Å²) in [6.07, 6.45) is 2.11. The van der Waals surface area contributed by atoms with Crippen LogP contribution in [0.5, 0.6) is 0 Å². The minimum absolute atomic E-state index is 0.0287. The highest BCUT2D eigenvalue weighted by Gasteiger charge is 2.37. The maximum Gasteiger partial charge on any atom is 0.248 e. The van der Waals surface area contributed by atoms with E-state index in [1.807, 2.05) is 7.05 Å². The van der Waals surface area contributed by atoms with Gasteiger partial charge in [0.2, 0.25) is 5.92 Å². The lowest BCUT2D eigenvalue weighted by atomic mass is 9.81. The van der Waals surface area contributed by atoms with Crippen LogP contribution in [0.4, 0.5) is 8.78 Å². The molecular formula is C16H26F2N2S. The molecular weight excluding hydrogens is 290 g/mol. The molecule has 0 aromatic carbocycles. The SMILES string of the molecule is CNC(Cc1nc(C(C)(C)C)cs1)C1CCC(F)(F)CC1. The summed E-state index contributed by atoms with van der Waals surface area (Å²) < 4.78 is 26.6. The maximum absolute atomic E-state index is 13.3. The number of nitrogens with zero attached hydrogens (tertiary/aromatic N) is 1. The van der Waals surface area contributed by atoms with Crippen LogP contribution in [0.1, 0.15) is 57.2 Å². The number of likely N-dealkylation sites (N-methyl/N-ethyl adjacent to an activating group) is 1. The first kappa shape index (κ1) is 16.8. The average Bonchev–Trinajstić information content (AvgIpc) is 2.85. The van der Waals surface area contributed by atoms with Crippen molar-refractivity contribution in [2.45, 2.75) is 70.3 Å². The van der Waals surface area contributed by atoms with Crippen molar-refractivity contribution in [2.24, 2.45) is 5.92 Å². The molecule has 1 N–H and O–H groups in total. The second kappa shape index (κ2) is 6.29. The predicted octanol–water partition coefficient (Wildman–Crippen LogP) is 4.40. The van der Waals surface area contributed by atoms with Gasteiger partial charge in [0.1, 0.15) is 0 Å². The number of rotatable bonds is 4. The van der Waals surface area contributed by atoms with Crippen LogP contribution in [0.15, 0.2) is 5.38 Å². The molecule has 21 heavy (non-hydrogen) atoms. The second-order valence-electron chi connectivity index (χ2n) is 7.17. The van der Waals surface area contributed by atoms with Crippen molar-refractivity contribution in [3.8, 4) is 0 Å². The zero-order valence-corrected chi connectivity index (χ0v) is 14.2. The highest BCUT2D eigenvalue weighted by atomic mass is 32.1. The third-order valence-corrected chi connectivity index (χ3v) is 5.29. The van der Waals surface area contributed by atoms with Crippen LogP contribution in [0.2, 0.25) is 0 Å². The molecule has 1 aromatic rings. The van der Waals surface area contributed by atoms with E-state index in [2.05, 4.69) is 31.5 Å². The lowest BCUT2D eigenvalue weighted by Gasteiger charge is -2.33. The number of hydrogen-bond donors (Lipinski definition) is 1. The van der Waals surface area contributed by atoms with Gasteiger partial charge in [0.25, 0.3) is 0 Å². The van der Waals surface area contributed by atoms with Gasteiger partial charge in [-0.25, -0.2) is 13.8 Å². The Bertz CT molecular complexity index is 455. The first-order valence-electron chi connectivity index (χ1n) is 7.71. The average molecular weight is 316 g/mol. The third-order valence-electron chi connectivity index (χ3n) is 4.42. The van der Waals surface area contributed by atoms with E-state index in [4.69, 9.17) is 4.98 Å². The minimum Gasteiger partial charge on any atom is -0.316 e. The topological polar surface area (TPSA) is 24.9 Å². The van der Waals surface area contributed by atoms with Gasteiger partial charge in [-0.15, -0.1) is 11.3 Å². The lowest BCUT2D eigenvalue weighted by Crippen LogP contribution is -2.39. The van der Waals surface area contributed by atoms with Crippen LogP contribution in [0.3, 0.4) is 0 Å². The number of alkyl halides is 2. The molecule has 120 valence electrons. The van der Waals surface area contributed by atoms with Gasteiger partial charge in [0.05, 0.1) is 10.7 Å². The van der Waals surface area contributed by atoms with E-state index in [0.29, 0.717) is 18.8 Å². The summed E-state index contributed by atoms with van der Waals surface area (Å²) in [5.74, 6) is -2.12. The Hall–Kier alpha value is -0.550. The highest BCUT2D eigenvalue weighted by molar-refractivity contribution is 7.09. The monoisotopic (exact) mass is 316 g/mol. The van der Waals surface area contributed by atoms with Crippen LogP contribution in [-0.4, -0.2) is 24.0 Å². The summed E-state index contributed by atoms with van der Waals surface area (Å²) in [7, 11) is 1.93. The Morgan fingerprint density at radius 3 is 2.48 bits per heavy atom. The summed E-state index contributed by atoms with van der Waals surface area (Å²) in [5.41, 5.74) is 1.18. The predicted molar refractivity (Wildman–Crippen MR) is 84.3 cm³/mol. The molecule has 1 aliphatic carbocycles. The molecule has 0 amide bonds. The molecule has 1 fully saturated rings. The zero-order valence-electron chi connectivity index (χ0n) is 13.4. The van der Waals surface area contributed by atoms with Crippen molar-refractivity contribution >= 4 is 11.3 Å². The van der Waals surface area contributed by atoms with Crippen LogP contribution >= 0.6 is 11.3 Å². The molecule has 1 aliphatic rings. The first-order valence-corrected chi connectivity index (χ1v) is 8.59. The van der Waals surface area contributed by atoms with E-state index in [0.717, 1.165) is 17.1 Å².